The van der Waals surface area contributed by atoms with Gasteiger partial charge in [0.25, 0.3) is 0 Å². The van der Waals surface area contributed by atoms with Gasteiger partial charge in [0.1, 0.15) is 0 Å². The lowest BCUT2D eigenvalue weighted by molar-refractivity contribution is 0.554. The van der Waals surface area contributed by atoms with Crippen LogP contribution in [0.2, 0.25) is 0 Å². The molecular weight excluding hydrogens is 176 g/mol. The number of furan rings is 1. The Kier molecular flexibility index (Phi) is 5.05. The molecule has 0 aliphatic rings. The van der Waals surface area contributed by atoms with Crippen molar-refractivity contribution in [1.82, 2.24) is 5.32 Å². The summed E-state index contributed by atoms with van der Waals surface area (Å²) in [6, 6.07) is 3.63. The predicted molar refractivity (Wildman–Crippen MR) is 55.3 cm³/mol. The Balaban J connectivity index is 2.15. The zero-order valence-electron chi connectivity index (χ0n) is 7.84. The van der Waals surface area contributed by atoms with Crippen molar-refractivity contribution in [3.63, 3.8) is 0 Å². The normalized spacial score (nSPS) is 8.36. The average Bonchev–Trinajstić information content (AvgIpc) is 2.69. The Labute approximate surface area is 83.7 Å². The Morgan fingerprint density at radius 1 is 1.29 bits per heavy atom. The predicted octanol–water partition coefficient (Wildman–Crippen LogP) is 0.183. The number of hydrogen-bond acceptors (Lipinski definition) is 3. The molecule has 0 amide bonds. The third-order valence-electron chi connectivity index (χ3n) is 1.39. The van der Waals surface area contributed by atoms with Crippen molar-refractivity contribution in [3.05, 3.63) is 24.2 Å². The van der Waals surface area contributed by atoms with Crippen LogP contribution in [0.1, 0.15) is 5.76 Å². The molecule has 3 nitrogen and oxygen atoms in total. The van der Waals surface area contributed by atoms with Crippen molar-refractivity contribution in [3.8, 4) is 23.7 Å². The van der Waals surface area contributed by atoms with E-state index < -0.39 is 0 Å². The van der Waals surface area contributed by atoms with Crippen molar-refractivity contribution in [2.45, 2.75) is 0 Å². The highest BCUT2D eigenvalue weighted by molar-refractivity contribution is 5.24. The molecule has 0 spiro atoms. The van der Waals surface area contributed by atoms with E-state index in [4.69, 9.17) is 10.2 Å². The molecule has 1 aromatic heterocycles. The van der Waals surface area contributed by atoms with Gasteiger partial charge in [0.15, 0.2) is 5.76 Å². The van der Waals surface area contributed by atoms with Gasteiger partial charge in [0, 0.05) is 0 Å². The van der Waals surface area contributed by atoms with Crippen LogP contribution in [-0.2, 0) is 0 Å². The highest BCUT2D eigenvalue weighted by atomic mass is 16.3. The van der Waals surface area contributed by atoms with E-state index in [1.54, 1.807) is 6.26 Å². The lowest BCUT2D eigenvalue weighted by atomic mass is 10.4. The van der Waals surface area contributed by atoms with Gasteiger partial charge in [0.05, 0.1) is 25.9 Å². The first-order valence-electron chi connectivity index (χ1n) is 4.32. The third kappa shape index (κ3) is 4.37. The van der Waals surface area contributed by atoms with Crippen LogP contribution in [0.4, 0.5) is 0 Å². The minimum Gasteiger partial charge on any atom is -0.456 e. The summed E-state index contributed by atoms with van der Waals surface area (Å²) >= 11 is 0. The minimum absolute atomic E-state index is 0.403. The van der Waals surface area contributed by atoms with E-state index in [-0.39, 0.29) is 0 Å². The maximum Gasteiger partial charge on any atom is 0.176 e. The molecule has 3 heteroatoms. The Morgan fingerprint density at radius 3 is 2.86 bits per heavy atom. The first kappa shape index (κ1) is 10.4. The second-order valence-electron chi connectivity index (χ2n) is 2.44. The van der Waals surface area contributed by atoms with Crippen LogP contribution in [0.15, 0.2) is 22.8 Å². The van der Waals surface area contributed by atoms with Gasteiger partial charge >= 0.3 is 0 Å². The molecule has 0 unspecified atom stereocenters. The van der Waals surface area contributed by atoms with E-state index in [1.165, 1.54) is 0 Å². The van der Waals surface area contributed by atoms with Gasteiger partial charge < -0.3 is 10.2 Å². The minimum atomic E-state index is 0.403. The standard InChI is InChI=1S/C11H12N2O/c12-7-1-2-8-13-9-3-5-11-6-4-10-14-11/h4,6,10,13H,7-9,12H2. The zero-order chi connectivity index (χ0) is 10.1. The summed E-state index contributed by atoms with van der Waals surface area (Å²) in [7, 11) is 0. The molecule has 0 bridgehead atoms. The number of rotatable bonds is 2. The summed E-state index contributed by atoms with van der Waals surface area (Å²) in [5.41, 5.74) is 5.19. The Hall–Kier alpha value is -1.68. The average molecular weight is 188 g/mol. The molecule has 14 heavy (non-hydrogen) atoms. The number of nitrogens with two attached hydrogens (primary N) is 1. The van der Waals surface area contributed by atoms with Crippen LogP contribution in [0, 0.1) is 23.7 Å². The highest BCUT2D eigenvalue weighted by Crippen LogP contribution is 1.95. The molecule has 0 saturated carbocycles. The second-order valence-corrected chi connectivity index (χ2v) is 2.44. The summed E-state index contributed by atoms with van der Waals surface area (Å²) in [5.74, 6) is 12.1. The third-order valence-corrected chi connectivity index (χ3v) is 1.39. The van der Waals surface area contributed by atoms with E-state index in [9.17, 15) is 0 Å². The lowest BCUT2D eigenvalue weighted by Gasteiger charge is -1.88. The molecule has 1 heterocycles. The maximum atomic E-state index is 5.19. The molecule has 1 aromatic rings. The second kappa shape index (κ2) is 6.80. The topological polar surface area (TPSA) is 51.2 Å². The van der Waals surface area contributed by atoms with Crippen LogP contribution < -0.4 is 11.1 Å². The molecule has 3 N–H and O–H groups in total. The molecule has 1 rings (SSSR count). The molecule has 0 aromatic carbocycles. The smallest absolute Gasteiger partial charge is 0.176 e. The molecular formula is C11H12N2O. The van der Waals surface area contributed by atoms with Gasteiger partial charge in [-0.25, -0.2) is 0 Å². The summed E-state index contributed by atoms with van der Waals surface area (Å²) in [6.45, 7) is 1.61. The Bertz CT molecular complexity index is 359. The van der Waals surface area contributed by atoms with E-state index >= 15 is 0 Å². The fraction of sp³-hybridized carbons (Fsp3) is 0.273. The van der Waals surface area contributed by atoms with Crippen LogP contribution in [0.25, 0.3) is 0 Å². The van der Waals surface area contributed by atoms with Gasteiger partial charge in [-0.05, 0) is 18.1 Å². The van der Waals surface area contributed by atoms with Gasteiger partial charge in [-0.3, -0.25) is 5.32 Å². The van der Waals surface area contributed by atoms with Gasteiger partial charge in [-0.15, -0.1) is 0 Å². The van der Waals surface area contributed by atoms with Crippen molar-refractivity contribution >= 4 is 0 Å². The van der Waals surface area contributed by atoms with E-state index in [0.29, 0.717) is 25.4 Å². The summed E-state index contributed by atoms with van der Waals surface area (Å²) in [4.78, 5) is 0. The molecule has 72 valence electrons. The van der Waals surface area contributed by atoms with Crippen LogP contribution in [-0.4, -0.2) is 19.6 Å². The quantitative estimate of drug-likeness (QED) is 0.514. The van der Waals surface area contributed by atoms with E-state index in [2.05, 4.69) is 29.0 Å². The first-order chi connectivity index (χ1) is 6.93. The molecule has 0 radical (unpaired) electrons. The number of hydrogen-bond donors (Lipinski definition) is 2. The van der Waals surface area contributed by atoms with E-state index in [0.717, 1.165) is 0 Å². The molecule has 0 aliphatic carbocycles. The van der Waals surface area contributed by atoms with Crippen LogP contribution >= 0.6 is 0 Å². The van der Waals surface area contributed by atoms with Crippen molar-refractivity contribution in [2.75, 3.05) is 19.6 Å². The molecule has 0 aliphatic heterocycles. The van der Waals surface area contributed by atoms with E-state index in [1.807, 2.05) is 12.1 Å². The molecule has 0 atom stereocenters. The largest absolute Gasteiger partial charge is 0.456 e. The van der Waals surface area contributed by atoms with Crippen LogP contribution in [0.3, 0.4) is 0 Å². The fourth-order valence-corrected chi connectivity index (χ4v) is 0.803. The fourth-order valence-electron chi connectivity index (χ4n) is 0.803. The number of nitrogens with one attached hydrogen (secondary N) is 1. The first-order valence-corrected chi connectivity index (χ1v) is 4.32. The SMILES string of the molecule is NCC#CCNCC#Cc1ccco1. The van der Waals surface area contributed by atoms with Crippen molar-refractivity contribution in [2.24, 2.45) is 5.73 Å². The van der Waals surface area contributed by atoms with Gasteiger partial charge in [-0.2, -0.15) is 0 Å². The Morgan fingerprint density at radius 2 is 2.14 bits per heavy atom. The molecule has 0 saturated heterocycles. The maximum absolute atomic E-state index is 5.19. The lowest BCUT2D eigenvalue weighted by Crippen LogP contribution is -2.14. The zero-order valence-corrected chi connectivity index (χ0v) is 7.84. The highest BCUT2D eigenvalue weighted by Gasteiger charge is 1.84. The van der Waals surface area contributed by atoms with Crippen LogP contribution in [0.5, 0.6) is 0 Å². The monoisotopic (exact) mass is 188 g/mol. The van der Waals surface area contributed by atoms with Crippen molar-refractivity contribution in [1.29, 1.82) is 0 Å². The van der Waals surface area contributed by atoms with Crippen molar-refractivity contribution < 1.29 is 4.42 Å². The molecule has 0 fully saturated rings. The summed E-state index contributed by atoms with van der Waals surface area (Å²) in [6.07, 6.45) is 1.60. The summed E-state index contributed by atoms with van der Waals surface area (Å²) < 4.78 is 5.03. The van der Waals surface area contributed by atoms with Gasteiger partial charge in [-0.1, -0.05) is 17.8 Å². The van der Waals surface area contributed by atoms with Gasteiger partial charge in [0.2, 0.25) is 0 Å². The summed E-state index contributed by atoms with van der Waals surface area (Å²) in [5, 5.41) is 3.04.